The Labute approximate surface area is 88.9 Å². The Morgan fingerprint density at radius 1 is 0.929 bits per heavy atom. The Balaban J connectivity index is 1.73. The molecule has 2 atom stereocenters. The summed E-state index contributed by atoms with van der Waals surface area (Å²) in [5, 5.41) is 8.88. The first-order valence-corrected chi connectivity index (χ1v) is 6.49. The van der Waals surface area contributed by atoms with Crippen LogP contribution in [0.25, 0.3) is 0 Å². The van der Waals surface area contributed by atoms with Crippen LogP contribution in [0.2, 0.25) is 0 Å². The van der Waals surface area contributed by atoms with E-state index in [1.807, 2.05) is 0 Å². The van der Waals surface area contributed by atoms with Crippen molar-refractivity contribution in [3.63, 3.8) is 0 Å². The first-order valence-electron chi connectivity index (χ1n) is 6.49. The Morgan fingerprint density at radius 3 is 2.14 bits per heavy atom. The SMILES string of the molecule is CCCCCCCCCC1CC1CO. The quantitative estimate of drug-likeness (QED) is 0.559. The molecule has 0 amide bonds. The fourth-order valence-corrected chi connectivity index (χ4v) is 2.25. The minimum Gasteiger partial charge on any atom is -0.396 e. The predicted molar refractivity (Wildman–Crippen MR) is 61.3 cm³/mol. The lowest BCUT2D eigenvalue weighted by Gasteiger charge is -2.00. The van der Waals surface area contributed by atoms with Crippen LogP contribution >= 0.6 is 0 Å². The summed E-state index contributed by atoms with van der Waals surface area (Å²) >= 11 is 0. The molecule has 0 aromatic heterocycles. The van der Waals surface area contributed by atoms with E-state index in [9.17, 15) is 0 Å². The normalized spacial score (nSPS) is 25.3. The van der Waals surface area contributed by atoms with Gasteiger partial charge in [0.15, 0.2) is 0 Å². The largest absolute Gasteiger partial charge is 0.396 e. The average Bonchev–Trinajstić information content (AvgIpc) is 2.95. The molecule has 1 saturated carbocycles. The molecule has 1 N–H and O–H groups in total. The van der Waals surface area contributed by atoms with Crippen molar-refractivity contribution in [3.8, 4) is 0 Å². The Kier molecular flexibility index (Phi) is 6.25. The number of unbranched alkanes of at least 4 members (excludes halogenated alkanes) is 6. The van der Waals surface area contributed by atoms with E-state index >= 15 is 0 Å². The van der Waals surface area contributed by atoms with Crippen LogP contribution in [0.3, 0.4) is 0 Å². The second-order valence-corrected chi connectivity index (χ2v) is 4.85. The summed E-state index contributed by atoms with van der Waals surface area (Å²) < 4.78 is 0. The van der Waals surface area contributed by atoms with Crippen molar-refractivity contribution in [2.45, 2.75) is 64.7 Å². The van der Waals surface area contributed by atoms with Crippen LogP contribution in [0.15, 0.2) is 0 Å². The van der Waals surface area contributed by atoms with Crippen molar-refractivity contribution in [1.82, 2.24) is 0 Å². The lowest BCUT2D eigenvalue weighted by molar-refractivity contribution is 0.267. The van der Waals surface area contributed by atoms with E-state index in [0.717, 1.165) is 5.92 Å². The van der Waals surface area contributed by atoms with Gasteiger partial charge in [0.05, 0.1) is 0 Å². The molecule has 1 heteroatoms. The van der Waals surface area contributed by atoms with Gasteiger partial charge in [0.1, 0.15) is 0 Å². The zero-order valence-electron chi connectivity index (χ0n) is 9.67. The van der Waals surface area contributed by atoms with Gasteiger partial charge in [0, 0.05) is 6.61 Å². The van der Waals surface area contributed by atoms with Crippen LogP contribution in [0.1, 0.15) is 64.7 Å². The molecule has 1 nitrogen and oxygen atoms in total. The third kappa shape index (κ3) is 4.99. The van der Waals surface area contributed by atoms with Gasteiger partial charge in [-0.25, -0.2) is 0 Å². The lowest BCUT2D eigenvalue weighted by Crippen LogP contribution is -1.89. The summed E-state index contributed by atoms with van der Waals surface area (Å²) in [6.45, 7) is 2.70. The highest BCUT2D eigenvalue weighted by atomic mass is 16.3. The smallest absolute Gasteiger partial charge is 0.0462 e. The van der Waals surface area contributed by atoms with Crippen LogP contribution in [-0.4, -0.2) is 11.7 Å². The maximum absolute atomic E-state index is 8.88. The van der Waals surface area contributed by atoms with Gasteiger partial charge in [-0.1, -0.05) is 58.3 Å². The Bertz CT molecular complexity index is 133. The zero-order chi connectivity index (χ0) is 10.2. The van der Waals surface area contributed by atoms with Gasteiger partial charge in [0.25, 0.3) is 0 Å². The van der Waals surface area contributed by atoms with Crippen LogP contribution in [-0.2, 0) is 0 Å². The van der Waals surface area contributed by atoms with Crippen LogP contribution in [0.4, 0.5) is 0 Å². The maximum atomic E-state index is 8.88. The summed E-state index contributed by atoms with van der Waals surface area (Å²) in [5.41, 5.74) is 0. The summed E-state index contributed by atoms with van der Waals surface area (Å²) in [6, 6.07) is 0. The fourth-order valence-electron chi connectivity index (χ4n) is 2.25. The number of aliphatic hydroxyl groups is 1. The molecule has 1 rings (SSSR count). The second kappa shape index (κ2) is 7.28. The lowest BCUT2D eigenvalue weighted by atomic mass is 10.1. The molecular weight excluding hydrogens is 172 g/mol. The number of hydrogen-bond acceptors (Lipinski definition) is 1. The molecule has 0 aromatic carbocycles. The van der Waals surface area contributed by atoms with Crippen molar-refractivity contribution >= 4 is 0 Å². The van der Waals surface area contributed by atoms with Crippen molar-refractivity contribution < 1.29 is 5.11 Å². The summed E-state index contributed by atoms with van der Waals surface area (Å²) in [5.74, 6) is 1.56. The van der Waals surface area contributed by atoms with Crippen LogP contribution in [0, 0.1) is 11.8 Å². The highest BCUT2D eigenvalue weighted by molar-refractivity contribution is 4.84. The second-order valence-electron chi connectivity index (χ2n) is 4.85. The standard InChI is InChI=1S/C13H26O/c1-2-3-4-5-6-7-8-9-12-10-13(12)11-14/h12-14H,2-11H2,1H3. The third-order valence-electron chi connectivity index (χ3n) is 3.48. The highest BCUT2D eigenvalue weighted by Crippen LogP contribution is 2.41. The van der Waals surface area contributed by atoms with Gasteiger partial charge in [-0.3, -0.25) is 0 Å². The number of aliphatic hydroxyl groups excluding tert-OH is 1. The third-order valence-corrected chi connectivity index (χ3v) is 3.48. The molecule has 84 valence electrons. The average molecular weight is 198 g/mol. The van der Waals surface area contributed by atoms with Crippen LogP contribution < -0.4 is 0 Å². The zero-order valence-corrected chi connectivity index (χ0v) is 9.67. The molecule has 1 aliphatic rings. The van der Waals surface area contributed by atoms with E-state index in [-0.39, 0.29) is 0 Å². The topological polar surface area (TPSA) is 20.2 Å². The minimum atomic E-state index is 0.432. The number of rotatable bonds is 9. The molecule has 2 unspecified atom stereocenters. The van der Waals surface area contributed by atoms with E-state index < -0.39 is 0 Å². The Morgan fingerprint density at radius 2 is 1.57 bits per heavy atom. The Hall–Kier alpha value is -0.0400. The van der Waals surface area contributed by atoms with E-state index in [4.69, 9.17) is 5.11 Å². The maximum Gasteiger partial charge on any atom is 0.0462 e. The summed E-state index contributed by atoms with van der Waals surface area (Å²) in [6.07, 6.45) is 12.5. The molecule has 0 heterocycles. The van der Waals surface area contributed by atoms with Gasteiger partial charge in [-0.05, 0) is 18.3 Å². The molecular formula is C13H26O. The molecule has 0 aromatic rings. The molecule has 0 bridgehead atoms. The van der Waals surface area contributed by atoms with Crippen molar-refractivity contribution in [2.24, 2.45) is 11.8 Å². The van der Waals surface area contributed by atoms with Crippen molar-refractivity contribution in [1.29, 1.82) is 0 Å². The van der Waals surface area contributed by atoms with Gasteiger partial charge in [-0.2, -0.15) is 0 Å². The van der Waals surface area contributed by atoms with Gasteiger partial charge in [0.2, 0.25) is 0 Å². The van der Waals surface area contributed by atoms with Gasteiger partial charge < -0.3 is 5.11 Å². The molecule has 0 spiro atoms. The summed E-state index contributed by atoms with van der Waals surface area (Å²) in [4.78, 5) is 0. The van der Waals surface area contributed by atoms with E-state index in [2.05, 4.69) is 6.92 Å². The summed E-state index contributed by atoms with van der Waals surface area (Å²) in [7, 11) is 0. The molecule has 1 fully saturated rings. The fraction of sp³-hybridized carbons (Fsp3) is 1.00. The highest BCUT2D eigenvalue weighted by Gasteiger charge is 2.34. The molecule has 14 heavy (non-hydrogen) atoms. The monoisotopic (exact) mass is 198 g/mol. The van der Waals surface area contributed by atoms with Crippen molar-refractivity contribution in [3.05, 3.63) is 0 Å². The number of hydrogen-bond donors (Lipinski definition) is 1. The van der Waals surface area contributed by atoms with Crippen LogP contribution in [0.5, 0.6) is 0 Å². The van der Waals surface area contributed by atoms with Gasteiger partial charge in [-0.15, -0.1) is 0 Å². The molecule has 0 saturated heterocycles. The van der Waals surface area contributed by atoms with E-state index in [1.54, 1.807) is 0 Å². The van der Waals surface area contributed by atoms with E-state index in [0.29, 0.717) is 12.5 Å². The first kappa shape index (κ1) is 12.0. The first-order chi connectivity index (χ1) is 6.88. The van der Waals surface area contributed by atoms with Crippen molar-refractivity contribution in [2.75, 3.05) is 6.61 Å². The molecule has 0 aliphatic heterocycles. The molecule has 1 aliphatic carbocycles. The van der Waals surface area contributed by atoms with Gasteiger partial charge >= 0.3 is 0 Å². The van der Waals surface area contributed by atoms with E-state index in [1.165, 1.54) is 57.8 Å². The minimum absolute atomic E-state index is 0.432. The predicted octanol–water partition coefficient (Wildman–Crippen LogP) is 3.76. The molecule has 0 radical (unpaired) electrons.